The number of methoxy groups -OCH3 is 1. The van der Waals surface area contributed by atoms with E-state index in [0.29, 0.717) is 5.69 Å². The standard InChI is InChI=1S/C18H17NO3S/c1-3-12-4-6-13(7-5-12)15-9-17-19(16(15)10-20)14(11-23-17)8-18(21)22-2/h4-7,9-11H,3,8H2,1-2H3. The highest BCUT2D eigenvalue weighted by molar-refractivity contribution is 7.15. The number of benzene rings is 1. The number of carbonyl (C=O) groups excluding carboxylic acids is 2. The summed E-state index contributed by atoms with van der Waals surface area (Å²) >= 11 is 1.52. The third-order valence-electron chi connectivity index (χ3n) is 3.95. The predicted octanol–water partition coefficient (Wildman–Crippen LogP) is 3.76. The minimum Gasteiger partial charge on any atom is -0.469 e. The van der Waals surface area contributed by atoms with Crippen LogP contribution in [0, 0.1) is 0 Å². The van der Waals surface area contributed by atoms with Crippen LogP contribution >= 0.6 is 11.3 Å². The number of hydrogen-bond acceptors (Lipinski definition) is 4. The van der Waals surface area contributed by atoms with Gasteiger partial charge in [0, 0.05) is 16.6 Å². The fourth-order valence-electron chi connectivity index (χ4n) is 2.67. The number of carbonyl (C=O) groups is 2. The Morgan fingerprint density at radius 1 is 1.30 bits per heavy atom. The average Bonchev–Trinajstić information content (AvgIpc) is 3.14. The number of aryl methyl sites for hydroxylation is 1. The van der Waals surface area contributed by atoms with Gasteiger partial charge in [0.15, 0.2) is 6.29 Å². The average molecular weight is 327 g/mol. The van der Waals surface area contributed by atoms with Crippen molar-refractivity contribution in [3.8, 4) is 11.1 Å². The van der Waals surface area contributed by atoms with Crippen LogP contribution in [-0.4, -0.2) is 23.8 Å². The topological polar surface area (TPSA) is 47.8 Å². The molecule has 0 saturated heterocycles. The number of ether oxygens (including phenoxy) is 1. The van der Waals surface area contributed by atoms with Gasteiger partial charge in [0.1, 0.15) is 4.83 Å². The van der Waals surface area contributed by atoms with E-state index in [-0.39, 0.29) is 12.4 Å². The second kappa shape index (κ2) is 6.38. The van der Waals surface area contributed by atoms with Gasteiger partial charge in [-0.05, 0) is 23.6 Å². The summed E-state index contributed by atoms with van der Waals surface area (Å²) in [4.78, 5) is 24.2. The zero-order valence-electron chi connectivity index (χ0n) is 13.0. The van der Waals surface area contributed by atoms with E-state index in [1.807, 2.05) is 28.0 Å². The molecule has 0 radical (unpaired) electrons. The van der Waals surface area contributed by atoms with E-state index in [1.165, 1.54) is 24.0 Å². The number of aldehydes is 1. The summed E-state index contributed by atoms with van der Waals surface area (Å²) < 4.78 is 6.57. The quantitative estimate of drug-likeness (QED) is 0.529. The molecule has 0 aliphatic carbocycles. The highest BCUT2D eigenvalue weighted by Crippen LogP contribution is 2.31. The molecular weight excluding hydrogens is 310 g/mol. The fourth-order valence-corrected chi connectivity index (χ4v) is 3.63. The number of fused-ring (bicyclic) bond motifs is 1. The van der Waals surface area contributed by atoms with Crippen LogP contribution in [0.25, 0.3) is 16.0 Å². The van der Waals surface area contributed by atoms with Crippen LogP contribution in [0.1, 0.15) is 28.7 Å². The minimum atomic E-state index is -0.316. The molecular formula is C18H17NO3S. The molecule has 0 spiro atoms. The van der Waals surface area contributed by atoms with E-state index in [2.05, 4.69) is 19.1 Å². The van der Waals surface area contributed by atoms with Gasteiger partial charge in [0.05, 0.1) is 19.2 Å². The molecule has 3 rings (SSSR count). The number of esters is 1. The largest absolute Gasteiger partial charge is 0.469 e. The molecule has 3 aromatic rings. The first-order valence-corrected chi connectivity index (χ1v) is 8.29. The molecule has 0 N–H and O–H groups in total. The van der Waals surface area contributed by atoms with Crippen molar-refractivity contribution in [2.24, 2.45) is 0 Å². The molecule has 0 saturated carbocycles. The van der Waals surface area contributed by atoms with Gasteiger partial charge >= 0.3 is 5.97 Å². The number of thiazole rings is 1. The third kappa shape index (κ3) is 2.80. The Bertz CT molecular complexity index is 858. The van der Waals surface area contributed by atoms with Gasteiger partial charge in [0.25, 0.3) is 0 Å². The Hall–Kier alpha value is -2.40. The van der Waals surface area contributed by atoms with Gasteiger partial charge in [-0.3, -0.25) is 9.59 Å². The number of hydrogen-bond donors (Lipinski definition) is 0. The number of nitrogens with zero attached hydrogens (tertiary/aromatic N) is 1. The molecule has 1 aromatic carbocycles. The van der Waals surface area contributed by atoms with E-state index < -0.39 is 0 Å². The zero-order chi connectivity index (χ0) is 16.4. The monoisotopic (exact) mass is 327 g/mol. The molecule has 0 aliphatic rings. The molecule has 0 amide bonds. The van der Waals surface area contributed by atoms with Crippen LogP contribution in [0.2, 0.25) is 0 Å². The smallest absolute Gasteiger partial charge is 0.311 e. The third-order valence-corrected chi connectivity index (χ3v) is 4.88. The van der Waals surface area contributed by atoms with Crippen molar-refractivity contribution >= 4 is 28.4 Å². The van der Waals surface area contributed by atoms with Gasteiger partial charge in [-0.25, -0.2) is 0 Å². The summed E-state index contributed by atoms with van der Waals surface area (Å²) in [6.07, 6.45) is 1.98. The van der Waals surface area contributed by atoms with Gasteiger partial charge in [-0.1, -0.05) is 31.2 Å². The molecule has 2 heterocycles. The minimum absolute atomic E-state index is 0.153. The molecule has 0 atom stereocenters. The molecule has 0 unspecified atom stereocenters. The number of aromatic nitrogens is 1. The summed E-state index contributed by atoms with van der Waals surface area (Å²) in [7, 11) is 1.36. The van der Waals surface area contributed by atoms with Crippen molar-refractivity contribution in [2.45, 2.75) is 19.8 Å². The Morgan fingerprint density at radius 2 is 2.04 bits per heavy atom. The maximum absolute atomic E-state index is 11.7. The van der Waals surface area contributed by atoms with Gasteiger partial charge < -0.3 is 9.14 Å². The van der Waals surface area contributed by atoms with Crippen LogP contribution in [0.15, 0.2) is 35.7 Å². The molecule has 0 fully saturated rings. The summed E-state index contributed by atoms with van der Waals surface area (Å²) in [6, 6.07) is 10.2. The zero-order valence-corrected chi connectivity index (χ0v) is 13.9. The highest BCUT2D eigenvalue weighted by Gasteiger charge is 2.17. The molecule has 4 nitrogen and oxygen atoms in total. The first kappa shape index (κ1) is 15.5. The second-order valence-corrected chi connectivity index (χ2v) is 6.15. The highest BCUT2D eigenvalue weighted by atomic mass is 32.1. The van der Waals surface area contributed by atoms with Crippen LogP contribution in [0.3, 0.4) is 0 Å². The van der Waals surface area contributed by atoms with Crippen molar-refractivity contribution in [1.29, 1.82) is 0 Å². The Kier molecular flexibility index (Phi) is 4.30. The predicted molar refractivity (Wildman–Crippen MR) is 91.2 cm³/mol. The fraction of sp³-hybridized carbons (Fsp3) is 0.222. The van der Waals surface area contributed by atoms with Crippen molar-refractivity contribution in [2.75, 3.05) is 7.11 Å². The number of rotatable bonds is 5. The van der Waals surface area contributed by atoms with E-state index in [4.69, 9.17) is 4.74 Å². The lowest BCUT2D eigenvalue weighted by Gasteiger charge is -2.04. The Labute approximate surface area is 138 Å². The SMILES string of the molecule is CCc1ccc(-c2cc3scc(CC(=O)OC)n3c2C=O)cc1. The Morgan fingerprint density at radius 3 is 2.65 bits per heavy atom. The molecule has 0 bridgehead atoms. The van der Waals surface area contributed by atoms with Gasteiger partial charge in [-0.15, -0.1) is 11.3 Å². The lowest BCUT2D eigenvalue weighted by atomic mass is 10.0. The normalized spacial score (nSPS) is 10.9. The van der Waals surface area contributed by atoms with Crippen LogP contribution in [0.4, 0.5) is 0 Å². The van der Waals surface area contributed by atoms with E-state index in [1.54, 1.807) is 0 Å². The lowest BCUT2D eigenvalue weighted by Crippen LogP contribution is -2.07. The maximum atomic E-state index is 11.7. The summed E-state index contributed by atoms with van der Waals surface area (Å²) in [6.45, 7) is 2.11. The molecule has 0 aliphatic heterocycles. The van der Waals surface area contributed by atoms with Crippen LogP contribution < -0.4 is 0 Å². The van der Waals surface area contributed by atoms with Crippen LogP contribution in [0.5, 0.6) is 0 Å². The first-order chi connectivity index (χ1) is 11.2. The summed E-state index contributed by atoms with van der Waals surface area (Å²) in [5.74, 6) is -0.316. The second-order valence-electron chi connectivity index (χ2n) is 5.27. The lowest BCUT2D eigenvalue weighted by molar-refractivity contribution is -0.139. The molecule has 23 heavy (non-hydrogen) atoms. The van der Waals surface area contributed by atoms with Crippen molar-refractivity contribution in [3.05, 3.63) is 52.7 Å². The Balaban J connectivity index is 2.10. The van der Waals surface area contributed by atoms with Crippen molar-refractivity contribution < 1.29 is 14.3 Å². The van der Waals surface area contributed by atoms with E-state index in [0.717, 1.165) is 34.4 Å². The van der Waals surface area contributed by atoms with Gasteiger partial charge in [0.2, 0.25) is 0 Å². The van der Waals surface area contributed by atoms with Crippen LogP contribution in [-0.2, 0) is 22.4 Å². The summed E-state index contributed by atoms with van der Waals surface area (Å²) in [5.41, 5.74) is 4.50. The molecule has 5 heteroatoms. The maximum Gasteiger partial charge on any atom is 0.311 e. The molecule has 2 aromatic heterocycles. The van der Waals surface area contributed by atoms with E-state index >= 15 is 0 Å². The first-order valence-electron chi connectivity index (χ1n) is 7.41. The van der Waals surface area contributed by atoms with Crippen molar-refractivity contribution in [1.82, 2.24) is 4.40 Å². The van der Waals surface area contributed by atoms with Crippen molar-refractivity contribution in [3.63, 3.8) is 0 Å². The van der Waals surface area contributed by atoms with Gasteiger partial charge in [-0.2, -0.15) is 0 Å². The van der Waals surface area contributed by atoms with E-state index in [9.17, 15) is 9.59 Å². The summed E-state index contributed by atoms with van der Waals surface area (Å²) in [5, 5.41) is 1.89. The molecule has 118 valence electrons.